The van der Waals surface area contributed by atoms with Crippen molar-refractivity contribution in [3.63, 3.8) is 0 Å². The molecule has 1 aromatic carbocycles. The van der Waals surface area contributed by atoms with Gasteiger partial charge in [-0.25, -0.2) is 9.37 Å². The van der Waals surface area contributed by atoms with Gasteiger partial charge < -0.3 is 20.5 Å². The van der Waals surface area contributed by atoms with E-state index in [-0.39, 0.29) is 27.8 Å². The van der Waals surface area contributed by atoms with Crippen molar-refractivity contribution in [3.05, 3.63) is 64.1 Å². The molecule has 0 saturated heterocycles. The van der Waals surface area contributed by atoms with Gasteiger partial charge in [0, 0.05) is 12.6 Å². The maximum Gasteiger partial charge on any atom is 0.425 e. The highest BCUT2D eigenvalue weighted by Crippen LogP contribution is 2.33. The van der Waals surface area contributed by atoms with Crippen LogP contribution < -0.4 is 15.4 Å². The van der Waals surface area contributed by atoms with Crippen molar-refractivity contribution in [2.45, 2.75) is 39.7 Å². The SMILES string of the molecule is C=C(C)/C(NC(=O)c1cc(F)c(-c2cnc(C)c(CO)n2)cc1O[C@@H](C)C(F)(F)F)=C(/Cl)NC. The zero-order valence-corrected chi connectivity index (χ0v) is 19.5. The summed E-state index contributed by atoms with van der Waals surface area (Å²) in [7, 11) is 1.48. The highest BCUT2D eigenvalue weighted by molar-refractivity contribution is 6.30. The summed E-state index contributed by atoms with van der Waals surface area (Å²) in [6, 6.07) is 1.66. The predicted molar refractivity (Wildman–Crippen MR) is 118 cm³/mol. The van der Waals surface area contributed by atoms with Crippen molar-refractivity contribution in [2.24, 2.45) is 0 Å². The Bertz CT molecular complexity index is 1140. The number of hydrogen-bond acceptors (Lipinski definition) is 6. The van der Waals surface area contributed by atoms with Crippen LogP contribution in [0.5, 0.6) is 5.75 Å². The molecule has 34 heavy (non-hydrogen) atoms. The zero-order chi connectivity index (χ0) is 25.8. The summed E-state index contributed by atoms with van der Waals surface area (Å²) in [6.07, 6.45) is -5.88. The Morgan fingerprint density at radius 2 is 2.00 bits per heavy atom. The summed E-state index contributed by atoms with van der Waals surface area (Å²) in [5, 5.41) is 14.4. The molecule has 1 atom stereocenters. The maximum absolute atomic E-state index is 15.0. The molecule has 7 nitrogen and oxygen atoms in total. The molecule has 0 unspecified atom stereocenters. The fourth-order valence-electron chi connectivity index (χ4n) is 2.70. The van der Waals surface area contributed by atoms with Crippen molar-refractivity contribution < 1.29 is 32.2 Å². The van der Waals surface area contributed by atoms with Gasteiger partial charge in [-0.1, -0.05) is 18.2 Å². The number of hydrogen-bond donors (Lipinski definition) is 3. The van der Waals surface area contributed by atoms with Gasteiger partial charge in [0.25, 0.3) is 5.91 Å². The minimum Gasteiger partial charge on any atom is -0.480 e. The van der Waals surface area contributed by atoms with Crippen molar-refractivity contribution in [1.29, 1.82) is 0 Å². The number of allylic oxidation sites excluding steroid dienone is 1. The topological polar surface area (TPSA) is 96.4 Å². The number of alkyl halides is 3. The standard InChI is InChI=1S/C22H23ClF4N4O3/c1-10(2)19(20(23)28-5)31-21(33)14-6-15(24)13(7-18(14)34-12(4)22(25,26)27)16-8-29-11(3)17(9-32)30-16/h6-8,12,28,32H,1,9H2,2-5H3,(H,31,33)/b20-19+/t12-/m0/s1. The number of aliphatic hydroxyl groups excluding tert-OH is 1. The number of amides is 1. The van der Waals surface area contributed by atoms with Gasteiger partial charge in [0.2, 0.25) is 0 Å². The summed E-state index contributed by atoms with van der Waals surface area (Å²) in [4.78, 5) is 21.0. The van der Waals surface area contributed by atoms with E-state index in [1.165, 1.54) is 20.2 Å². The number of benzene rings is 1. The molecule has 1 heterocycles. The second-order valence-corrected chi connectivity index (χ2v) is 7.63. The normalized spacial score (nSPS) is 13.1. The molecule has 1 aromatic heterocycles. The molecule has 0 radical (unpaired) electrons. The Hall–Kier alpha value is -3.18. The number of nitrogens with one attached hydrogen (secondary N) is 2. The summed E-state index contributed by atoms with van der Waals surface area (Å²) in [6.45, 7) is 7.07. The van der Waals surface area contributed by atoms with Crippen molar-refractivity contribution in [1.82, 2.24) is 20.6 Å². The van der Waals surface area contributed by atoms with Gasteiger partial charge in [0.1, 0.15) is 16.7 Å². The van der Waals surface area contributed by atoms with Crippen LogP contribution >= 0.6 is 11.6 Å². The van der Waals surface area contributed by atoms with Gasteiger partial charge in [-0.15, -0.1) is 0 Å². The van der Waals surface area contributed by atoms with Crippen LogP contribution in [0.4, 0.5) is 17.6 Å². The van der Waals surface area contributed by atoms with E-state index in [2.05, 4.69) is 27.2 Å². The van der Waals surface area contributed by atoms with E-state index in [1.54, 1.807) is 6.92 Å². The summed E-state index contributed by atoms with van der Waals surface area (Å²) in [5.41, 5.74) is 0.0940. The molecular formula is C22H23ClF4N4O3. The Balaban J connectivity index is 2.65. The van der Waals surface area contributed by atoms with Gasteiger partial charge in [0.05, 0.1) is 41.1 Å². The molecule has 0 aliphatic heterocycles. The largest absolute Gasteiger partial charge is 0.480 e. The first-order chi connectivity index (χ1) is 15.8. The van der Waals surface area contributed by atoms with Crippen LogP contribution in [-0.2, 0) is 6.61 Å². The monoisotopic (exact) mass is 502 g/mol. The van der Waals surface area contributed by atoms with E-state index < -0.39 is 41.9 Å². The Morgan fingerprint density at radius 1 is 1.35 bits per heavy atom. The average molecular weight is 503 g/mol. The highest BCUT2D eigenvalue weighted by atomic mass is 35.5. The minimum absolute atomic E-state index is 0.00975. The van der Waals surface area contributed by atoms with Crippen LogP contribution in [0.3, 0.4) is 0 Å². The van der Waals surface area contributed by atoms with Gasteiger partial charge in [0.15, 0.2) is 6.10 Å². The number of halogens is 5. The van der Waals surface area contributed by atoms with Gasteiger partial charge >= 0.3 is 6.18 Å². The first kappa shape index (κ1) is 27.1. The van der Waals surface area contributed by atoms with E-state index in [0.717, 1.165) is 19.1 Å². The molecule has 0 bridgehead atoms. The minimum atomic E-state index is -4.76. The molecule has 0 spiro atoms. The summed E-state index contributed by atoms with van der Waals surface area (Å²) >= 11 is 6.02. The molecule has 0 saturated carbocycles. The molecule has 0 aliphatic carbocycles. The van der Waals surface area contributed by atoms with Crippen LogP contribution in [-0.4, -0.2) is 40.3 Å². The number of carbonyl (C=O) groups excluding carboxylic acids is 1. The number of carbonyl (C=O) groups is 1. The lowest BCUT2D eigenvalue weighted by Gasteiger charge is -2.21. The number of aromatic nitrogens is 2. The molecule has 3 N–H and O–H groups in total. The zero-order valence-electron chi connectivity index (χ0n) is 18.8. The lowest BCUT2D eigenvalue weighted by molar-refractivity contribution is -0.189. The lowest BCUT2D eigenvalue weighted by Crippen LogP contribution is -2.33. The van der Waals surface area contributed by atoms with Crippen molar-refractivity contribution >= 4 is 17.5 Å². The second-order valence-electron chi connectivity index (χ2n) is 7.25. The lowest BCUT2D eigenvalue weighted by atomic mass is 10.1. The van der Waals surface area contributed by atoms with Crippen LogP contribution in [0.25, 0.3) is 11.3 Å². The third-order valence-electron chi connectivity index (χ3n) is 4.66. The third kappa shape index (κ3) is 6.23. The molecule has 0 aliphatic rings. The number of aliphatic hydroxyl groups is 1. The van der Waals surface area contributed by atoms with E-state index >= 15 is 4.39 Å². The molecular weight excluding hydrogens is 480 g/mol. The first-order valence-electron chi connectivity index (χ1n) is 9.85. The van der Waals surface area contributed by atoms with Gasteiger partial charge in [-0.2, -0.15) is 13.2 Å². The molecule has 12 heteroatoms. The van der Waals surface area contributed by atoms with E-state index in [1.807, 2.05) is 0 Å². The maximum atomic E-state index is 15.0. The molecule has 0 fully saturated rings. The van der Waals surface area contributed by atoms with Crippen molar-refractivity contribution in [2.75, 3.05) is 7.05 Å². The fraction of sp³-hybridized carbons (Fsp3) is 0.318. The van der Waals surface area contributed by atoms with Crippen LogP contribution in [0.2, 0.25) is 0 Å². The number of rotatable bonds is 8. The molecule has 2 aromatic rings. The number of nitrogens with zero attached hydrogens (tertiary/aromatic N) is 2. The van der Waals surface area contributed by atoms with Crippen LogP contribution in [0, 0.1) is 12.7 Å². The average Bonchev–Trinajstić information content (AvgIpc) is 2.77. The Kier molecular flexibility index (Phi) is 8.62. The van der Waals surface area contributed by atoms with Gasteiger partial charge in [-0.3, -0.25) is 9.78 Å². The van der Waals surface area contributed by atoms with Gasteiger partial charge in [-0.05, 0) is 38.5 Å². The molecule has 2 rings (SSSR count). The molecule has 1 amide bonds. The smallest absolute Gasteiger partial charge is 0.425 e. The first-order valence-corrected chi connectivity index (χ1v) is 10.2. The highest BCUT2D eigenvalue weighted by Gasteiger charge is 2.39. The number of ether oxygens (including phenoxy) is 1. The summed E-state index contributed by atoms with van der Waals surface area (Å²) < 4.78 is 59.6. The van der Waals surface area contributed by atoms with E-state index in [0.29, 0.717) is 11.3 Å². The van der Waals surface area contributed by atoms with E-state index in [9.17, 15) is 23.1 Å². The van der Waals surface area contributed by atoms with E-state index in [4.69, 9.17) is 16.3 Å². The Labute approximate surface area is 198 Å². The van der Waals surface area contributed by atoms with Crippen molar-refractivity contribution in [3.8, 4) is 17.0 Å². The third-order valence-corrected chi connectivity index (χ3v) is 5.04. The Morgan fingerprint density at radius 3 is 2.53 bits per heavy atom. The van der Waals surface area contributed by atoms with Crippen LogP contribution in [0.1, 0.15) is 35.6 Å². The van der Waals surface area contributed by atoms with Crippen LogP contribution in [0.15, 0.2) is 41.3 Å². The number of aryl methyl sites for hydroxylation is 1. The summed E-state index contributed by atoms with van der Waals surface area (Å²) in [5.74, 6) is -2.50. The second kappa shape index (κ2) is 10.8. The molecule has 184 valence electrons. The fourth-order valence-corrected chi connectivity index (χ4v) is 2.91. The quantitative estimate of drug-likeness (QED) is 0.282. The predicted octanol–water partition coefficient (Wildman–Crippen LogP) is 4.35.